The van der Waals surface area contributed by atoms with Crippen molar-refractivity contribution in [3.05, 3.63) is 59.7 Å². The van der Waals surface area contributed by atoms with E-state index in [0.29, 0.717) is 24.3 Å². The first-order valence-corrected chi connectivity index (χ1v) is 10.4. The molecule has 1 aliphatic heterocycles. The monoisotopic (exact) mass is 395 g/mol. The molecule has 2 fully saturated rings. The molecule has 2 aromatic carbocycles. The standard InChI is InChI=1S/C24H29NO4/c1-28-20-12-5-3-9-17(20)22-19-11-7-8-14-24(19,27)15-16-25(22)23(26)18-10-4-6-13-21(18)29-2/h3-6,9-10,12-13,19,22,27H,7-8,11,14-16H2,1-2H3/t19?,22-,24?/m0/s1. The first-order valence-electron chi connectivity index (χ1n) is 10.4. The number of methoxy groups -OCH3 is 2. The van der Waals surface area contributed by atoms with Gasteiger partial charge in [-0.2, -0.15) is 0 Å². The molecule has 0 spiro atoms. The highest BCUT2D eigenvalue weighted by Crippen LogP contribution is 2.51. The fraction of sp³-hybridized carbons (Fsp3) is 0.458. The average Bonchev–Trinajstić information content (AvgIpc) is 2.77. The van der Waals surface area contributed by atoms with Crippen LogP contribution < -0.4 is 9.47 Å². The third kappa shape index (κ3) is 3.48. The lowest BCUT2D eigenvalue weighted by molar-refractivity contribution is -0.115. The predicted octanol–water partition coefficient (Wildman–Crippen LogP) is 4.21. The van der Waals surface area contributed by atoms with Gasteiger partial charge in [0, 0.05) is 18.0 Å². The summed E-state index contributed by atoms with van der Waals surface area (Å²) in [5.41, 5.74) is 0.779. The lowest BCUT2D eigenvalue weighted by Gasteiger charge is -2.52. The number of hydrogen-bond donors (Lipinski definition) is 1. The zero-order valence-corrected chi connectivity index (χ0v) is 17.1. The number of nitrogens with zero attached hydrogens (tertiary/aromatic N) is 1. The second-order valence-corrected chi connectivity index (χ2v) is 8.09. The molecule has 0 aromatic heterocycles. The third-order valence-electron chi connectivity index (χ3n) is 6.62. The largest absolute Gasteiger partial charge is 0.496 e. The molecule has 1 saturated heterocycles. The second kappa shape index (κ2) is 8.07. The quantitative estimate of drug-likeness (QED) is 0.842. The highest BCUT2D eigenvalue weighted by molar-refractivity contribution is 5.97. The normalized spacial score (nSPS) is 26.5. The van der Waals surface area contributed by atoms with E-state index in [-0.39, 0.29) is 17.9 Å². The summed E-state index contributed by atoms with van der Waals surface area (Å²) >= 11 is 0. The molecule has 0 bridgehead atoms. The Labute approximate surface area is 172 Å². The third-order valence-corrected chi connectivity index (χ3v) is 6.62. The van der Waals surface area contributed by atoms with Gasteiger partial charge in [-0.15, -0.1) is 0 Å². The number of likely N-dealkylation sites (tertiary alicyclic amines) is 1. The van der Waals surface area contributed by atoms with Gasteiger partial charge in [0.1, 0.15) is 11.5 Å². The summed E-state index contributed by atoms with van der Waals surface area (Å²) in [7, 11) is 3.24. The fourth-order valence-corrected chi connectivity index (χ4v) is 5.18. The molecule has 154 valence electrons. The number of rotatable bonds is 4. The van der Waals surface area contributed by atoms with E-state index in [1.54, 1.807) is 14.2 Å². The van der Waals surface area contributed by atoms with Crippen molar-refractivity contribution in [3.8, 4) is 11.5 Å². The number of benzene rings is 2. The van der Waals surface area contributed by atoms with Crippen LogP contribution in [0, 0.1) is 5.92 Å². The van der Waals surface area contributed by atoms with E-state index in [1.165, 1.54) is 0 Å². The molecule has 29 heavy (non-hydrogen) atoms. The minimum Gasteiger partial charge on any atom is -0.496 e. The van der Waals surface area contributed by atoms with Crippen LogP contribution >= 0.6 is 0 Å². The lowest BCUT2D eigenvalue weighted by atomic mass is 9.66. The van der Waals surface area contributed by atoms with E-state index in [9.17, 15) is 9.90 Å². The maximum atomic E-state index is 13.7. The van der Waals surface area contributed by atoms with Crippen LogP contribution in [0.4, 0.5) is 0 Å². The van der Waals surface area contributed by atoms with Gasteiger partial charge in [0.05, 0.1) is 31.4 Å². The summed E-state index contributed by atoms with van der Waals surface area (Å²) in [6.45, 7) is 0.507. The summed E-state index contributed by atoms with van der Waals surface area (Å²) in [6.07, 6.45) is 4.39. The van der Waals surface area contributed by atoms with Gasteiger partial charge in [-0.3, -0.25) is 4.79 Å². The summed E-state index contributed by atoms with van der Waals surface area (Å²) in [4.78, 5) is 15.6. The van der Waals surface area contributed by atoms with Crippen molar-refractivity contribution < 1.29 is 19.4 Å². The van der Waals surface area contributed by atoms with E-state index in [0.717, 1.165) is 37.0 Å². The zero-order chi connectivity index (χ0) is 20.4. The maximum absolute atomic E-state index is 13.7. The van der Waals surface area contributed by atoms with Crippen molar-refractivity contribution in [2.75, 3.05) is 20.8 Å². The molecule has 1 amide bonds. The fourth-order valence-electron chi connectivity index (χ4n) is 5.18. The van der Waals surface area contributed by atoms with Gasteiger partial charge in [0.25, 0.3) is 5.91 Å². The van der Waals surface area contributed by atoms with Crippen LogP contribution in [0.5, 0.6) is 11.5 Å². The van der Waals surface area contributed by atoms with E-state index in [2.05, 4.69) is 0 Å². The zero-order valence-electron chi connectivity index (χ0n) is 17.1. The number of carbonyl (C=O) groups excluding carboxylic acids is 1. The SMILES string of the molecule is COc1ccccc1C(=O)N1CCC2(O)CCCCC2[C@@H]1c1ccccc1OC. The van der Waals surface area contributed by atoms with Gasteiger partial charge in [-0.25, -0.2) is 0 Å². The molecule has 2 aromatic rings. The van der Waals surface area contributed by atoms with Crippen molar-refractivity contribution in [2.45, 2.75) is 43.7 Å². The molecule has 1 aliphatic carbocycles. The minimum absolute atomic E-state index is 0.0139. The van der Waals surface area contributed by atoms with E-state index in [4.69, 9.17) is 9.47 Å². The van der Waals surface area contributed by atoms with Crippen molar-refractivity contribution in [3.63, 3.8) is 0 Å². The number of carbonyl (C=O) groups is 1. The number of aliphatic hydroxyl groups is 1. The summed E-state index contributed by atoms with van der Waals surface area (Å²) in [5.74, 6) is 1.25. The van der Waals surface area contributed by atoms with Crippen LogP contribution in [0.15, 0.2) is 48.5 Å². The highest BCUT2D eigenvalue weighted by atomic mass is 16.5. The lowest BCUT2D eigenvalue weighted by Crippen LogP contribution is -2.56. The Morgan fingerprint density at radius 2 is 1.69 bits per heavy atom. The number of ether oxygens (including phenoxy) is 2. The molecule has 5 nitrogen and oxygen atoms in total. The second-order valence-electron chi connectivity index (χ2n) is 8.09. The maximum Gasteiger partial charge on any atom is 0.258 e. The topological polar surface area (TPSA) is 59.0 Å². The first kappa shape index (κ1) is 19.8. The molecule has 2 unspecified atom stereocenters. The minimum atomic E-state index is -0.735. The van der Waals surface area contributed by atoms with E-state index < -0.39 is 5.60 Å². The molecule has 1 N–H and O–H groups in total. The van der Waals surface area contributed by atoms with Crippen molar-refractivity contribution in [2.24, 2.45) is 5.92 Å². The number of piperidine rings is 1. The average molecular weight is 395 g/mol. The summed E-state index contributed by atoms with van der Waals surface area (Å²) in [5, 5.41) is 11.5. The Bertz CT molecular complexity index is 883. The Hall–Kier alpha value is -2.53. The highest BCUT2D eigenvalue weighted by Gasteiger charge is 2.51. The molecule has 0 radical (unpaired) electrons. The van der Waals surface area contributed by atoms with Gasteiger partial charge in [0.15, 0.2) is 0 Å². The van der Waals surface area contributed by atoms with Crippen LogP contribution in [0.2, 0.25) is 0 Å². The molecule has 2 aliphatic rings. The van der Waals surface area contributed by atoms with Gasteiger partial charge >= 0.3 is 0 Å². The van der Waals surface area contributed by atoms with Gasteiger partial charge in [-0.1, -0.05) is 43.2 Å². The Balaban J connectivity index is 1.80. The Morgan fingerprint density at radius 3 is 2.45 bits per heavy atom. The first-order chi connectivity index (χ1) is 14.1. The van der Waals surface area contributed by atoms with Crippen LogP contribution in [0.3, 0.4) is 0 Å². The Morgan fingerprint density at radius 1 is 1.00 bits per heavy atom. The Kier molecular flexibility index (Phi) is 5.50. The molecule has 4 rings (SSSR count). The number of para-hydroxylation sites is 2. The molecular formula is C24H29NO4. The number of amides is 1. The van der Waals surface area contributed by atoms with E-state index in [1.807, 2.05) is 53.4 Å². The van der Waals surface area contributed by atoms with E-state index >= 15 is 0 Å². The smallest absolute Gasteiger partial charge is 0.258 e. The summed E-state index contributed by atoms with van der Waals surface area (Å²) < 4.78 is 11.1. The summed E-state index contributed by atoms with van der Waals surface area (Å²) in [6, 6.07) is 15.0. The van der Waals surface area contributed by atoms with Crippen LogP contribution in [-0.2, 0) is 0 Å². The van der Waals surface area contributed by atoms with Crippen molar-refractivity contribution in [1.29, 1.82) is 0 Å². The number of fused-ring (bicyclic) bond motifs is 1. The van der Waals surface area contributed by atoms with Crippen LogP contribution in [0.25, 0.3) is 0 Å². The van der Waals surface area contributed by atoms with Crippen LogP contribution in [0.1, 0.15) is 54.1 Å². The predicted molar refractivity (Wildman–Crippen MR) is 111 cm³/mol. The van der Waals surface area contributed by atoms with Gasteiger partial charge in [-0.05, 0) is 37.5 Å². The van der Waals surface area contributed by atoms with Crippen molar-refractivity contribution >= 4 is 5.91 Å². The molecule has 3 atom stereocenters. The van der Waals surface area contributed by atoms with Gasteiger partial charge in [0.2, 0.25) is 0 Å². The van der Waals surface area contributed by atoms with Crippen molar-refractivity contribution in [1.82, 2.24) is 4.90 Å². The van der Waals surface area contributed by atoms with Crippen LogP contribution in [-0.4, -0.2) is 42.3 Å². The number of hydrogen-bond acceptors (Lipinski definition) is 4. The molecule has 1 saturated carbocycles. The molecule has 5 heteroatoms. The molecule has 1 heterocycles. The van der Waals surface area contributed by atoms with Gasteiger partial charge < -0.3 is 19.5 Å². The molecular weight excluding hydrogens is 366 g/mol.